The van der Waals surface area contributed by atoms with Crippen molar-refractivity contribution in [3.8, 4) is 0 Å². The van der Waals surface area contributed by atoms with Crippen molar-refractivity contribution in [2.45, 2.75) is 25.3 Å². The maximum Gasteiger partial charge on any atom is 0.251 e. The molecule has 2 fully saturated rings. The molecule has 2 heterocycles. The summed E-state index contributed by atoms with van der Waals surface area (Å²) in [4.78, 5) is 4.35. The molecule has 2 saturated heterocycles. The minimum absolute atomic E-state index is 0. The van der Waals surface area contributed by atoms with Crippen LogP contribution in [0.4, 0.5) is 8.78 Å². The van der Waals surface area contributed by atoms with Crippen molar-refractivity contribution >= 4 is 12.4 Å². The van der Waals surface area contributed by atoms with Crippen LogP contribution in [-0.2, 0) is 0 Å². The van der Waals surface area contributed by atoms with E-state index < -0.39 is 6.43 Å². The Labute approximate surface area is 108 Å². The molecule has 2 rings (SSSR count). The predicted octanol–water partition coefficient (Wildman–Crippen LogP) is 1.04. The zero-order chi connectivity index (χ0) is 11.4. The summed E-state index contributed by atoms with van der Waals surface area (Å²) >= 11 is 0. The van der Waals surface area contributed by atoms with Gasteiger partial charge in [0.05, 0.1) is 6.54 Å². The Bertz CT molecular complexity index is 205. The van der Waals surface area contributed by atoms with Crippen LogP contribution in [0.3, 0.4) is 0 Å². The lowest BCUT2D eigenvalue weighted by Gasteiger charge is -2.40. The smallest absolute Gasteiger partial charge is 0.251 e. The van der Waals surface area contributed by atoms with Gasteiger partial charge in [0.25, 0.3) is 6.43 Å². The van der Waals surface area contributed by atoms with Crippen molar-refractivity contribution in [2.75, 3.05) is 45.8 Å². The molecule has 6 heteroatoms. The Morgan fingerprint density at radius 2 is 1.65 bits per heavy atom. The second-order valence-corrected chi connectivity index (χ2v) is 4.71. The first kappa shape index (κ1) is 15.1. The fourth-order valence-electron chi connectivity index (χ4n) is 2.68. The Morgan fingerprint density at radius 1 is 1.06 bits per heavy atom. The van der Waals surface area contributed by atoms with Gasteiger partial charge in [-0.15, -0.1) is 12.4 Å². The van der Waals surface area contributed by atoms with E-state index in [1.165, 1.54) is 12.8 Å². The minimum Gasteiger partial charge on any atom is -0.317 e. The third kappa shape index (κ3) is 4.66. The van der Waals surface area contributed by atoms with Crippen LogP contribution in [-0.4, -0.2) is 68.1 Å². The summed E-state index contributed by atoms with van der Waals surface area (Å²) in [6.07, 6.45) is 0.217. The number of alkyl halides is 2. The molecular weight excluding hydrogens is 248 g/mol. The normalized spacial score (nSPS) is 24.9. The van der Waals surface area contributed by atoms with Crippen molar-refractivity contribution in [1.29, 1.82) is 0 Å². The number of piperazine rings is 1. The van der Waals surface area contributed by atoms with E-state index in [1.54, 1.807) is 0 Å². The van der Waals surface area contributed by atoms with Crippen LogP contribution in [0.25, 0.3) is 0 Å². The van der Waals surface area contributed by atoms with Gasteiger partial charge < -0.3 is 5.32 Å². The molecule has 0 aromatic heterocycles. The van der Waals surface area contributed by atoms with E-state index in [9.17, 15) is 8.78 Å². The molecule has 17 heavy (non-hydrogen) atoms. The lowest BCUT2D eigenvalue weighted by molar-refractivity contribution is 0.0381. The standard InChI is InChI=1S/C11H21F2N3.ClH/c12-11(13)9-15-5-7-16(8-6-15)10-1-3-14-4-2-10;/h10-11,14H,1-9H2;1H. The minimum atomic E-state index is -2.19. The van der Waals surface area contributed by atoms with Gasteiger partial charge in [-0.1, -0.05) is 0 Å². The van der Waals surface area contributed by atoms with Crippen molar-refractivity contribution in [1.82, 2.24) is 15.1 Å². The lowest BCUT2D eigenvalue weighted by Crippen LogP contribution is -2.53. The van der Waals surface area contributed by atoms with Crippen LogP contribution in [0, 0.1) is 0 Å². The van der Waals surface area contributed by atoms with E-state index in [2.05, 4.69) is 10.2 Å². The number of rotatable bonds is 3. The molecule has 1 N–H and O–H groups in total. The van der Waals surface area contributed by atoms with E-state index in [4.69, 9.17) is 0 Å². The molecule has 0 spiro atoms. The van der Waals surface area contributed by atoms with Gasteiger partial charge in [0.2, 0.25) is 0 Å². The third-order valence-corrected chi connectivity index (χ3v) is 3.63. The van der Waals surface area contributed by atoms with Crippen LogP contribution in [0.15, 0.2) is 0 Å². The molecule has 0 aliphatic carbocycles. The molecule has 2 aliphatic rings. The Kier molecular flexibility index (Phi) is 6.62. The zero-order valence-electron chi connectivity index (χ0n) is 10.1. The molecule has 0 atom stereocenters. The first-order valence-electron chi connectivity index (χ1n) is 6.21. The van der Waals surface area contributed by atoms with E-state index in [1.807, 2.05) is 4.90 Å². The highest BCUT2D eigenvalue weighted by Crippen LogP contribution is 2.14. The van der Waals surface area contributed by atoms with Crippen LogP contribution < -0.4 is 5.32 Å². The zero-order valence-corrected chi connectivity index (χ0v) is 10.9. The molecular formula is C11H22ClF2N3. The van der Waals surface area contributed by atoms with Crippen LogP contribution in [0.1, 0.15) is 12.8 Å². The Morgan fingerprint density at radius 3 is 2.18 bits per heavy atom. The summed E-state index contributed by atoms with van der Waals surface area (Å²) in [5.74, 6) is 0. The first-order valence-corrected chi connectivity index (χ1v) is 6.21. The Hall–Kier alpha value is 0.0300. The summed E-state index contributed by atoms with van der Waals surface area (Å²) in [7, 11) is 0. The summed E-state index contributed by atoms with van der Waals surface area (Å²) in [6.45, 7) is 5.65. The molecule has 0 unspecified atom stereocenters. The highest BCUT2D eigenvalue weighted by atomic mass is 35.5. The molecule has 0 bridgehead atoms. The van der Waals surface area contributed by atoms with E-state index >= 15 is 0 Å². The molecule has 0 aromatic rings. The molecule has 0 radical (unpaired) electrons. The number of hydrogen-bond acceptors (Lipinski definition) is 3. The number of hydrogen-bond donors (Lipinski definition) is 1. The van der Waals surface area contributed by atoms with Gasteiger partial charge >= 0.3 is 0 Å². The number of nitrogens with one attached hydrogen (secondary N) is 1. The molecule has 2 aliphatic heterocycles. The summed E-state index contributed by atoms with van der Waals surface area (Å²) in [5.41, 5.74) is 0. The molecule has 0 aromatic carbocycles. The maximum atomic E-state index is 12.2. The second-order valence-electron chi connectivity index (χ2n) is 4.71. The van der Waals surface area contributed by atoms with Crippen LogP contribution >= 0.6 is 12.4 Å². The lowest BCUT2D eigenvalue weighted by atomic mass is 10.0. The van der Waals surface area contributed by atoms with Gasteiger partial charge in [0, 0.05) is 32.2 Å². The maximum absolute atomic E-state index is 12.2. The van der Waals surface area contributed by atoms with Gasteiger partial charge in [-0.3, -0.25) is 9.80 Å². The van der Waals surface area contributed by atoms with Gasteiger partial charge in [-0.25, -0.2) is 8.78 Å². The SMILES string of the molecule is Cl.FC(F)CN1CCN(C2CCNCC2)CC1. The van der Waals surface area contributed by atoms with Crippen LogP contribution in [0.5, 0.6) is 0 Å². The summed E-state index contributed by atoms with van der Waals surface area (Å²) < 4.78 is 24.4. The van der Waals surface area contributed by atoms with Gasteiger partial charge in [-0.2, -0.15) is 0 Å². The topological polar surface area (TPSA) is 18.5 Å². The monoisotopic (exact) mass is 269 g/mol. The fourth-order valence-corrected chi connectivity index (χ4v) is 2.68. The average molecular weight is 270 g/mol. The van der Waals surface area contributed by atoms with E-state index in [0.717, 1.165) is 39.3 Å². The van der Waals surface area contributed by atoms with Gasteiger partial charge in [0.15, 0.2) is 0 Å². The Balaban J connectivity index is 0.00000144. The van der Waals surface area contributed by atoms with Crippen LogP contribution in [0.2, 0.25) is 0 Å². The predicted molar refractivity (Wildman–Crippen MR) is 67.2 cm³/mol. The molecule has 102 valence electrons. The number of halogens is 3. The number of piperidine rings is 1. The largest absolute Gasteiger partial charge is 0.317 e. The molecule has 0 amide bonds. The second kappa shape index (κ2) is 7.46. The van der Waals surface area contributed by atoms with Crippen molar-refractivity contribution in [2.24, 2.45) is 0 Å². The quantitative estimate of drug-likeness (QED) is 0.826. The van der Waals surface area contributed by atoms with Crippen molar-refractivity contribution in [3.05, 3.63) is 0 Å². The fraction of sp³-hybridized carbons (Fsp3) is 1.00. The number of nitrogens with zero attached hydrogens (tertiary/aromatic N) is 2. The highest BCUT2D eigenvalue weighted by molar-refractivity contribution is 5.85. The molecule has 0 saturated carbocycles. The van der Waals surface area contributed by atoms with Crippen molar-refractivity contribution in [3.63, 3.8) is 0 Å². The van der Waals surface area contributed by atoms with E-state index in [-0.39, 0.29) is 19.0 Å². The van der Waals surface area contributed by atoms with Gasteiger partial charge in [0.1, 0.15) is 0 Å². The third-order valence-electron chi connectivity index (χ3n) is 3.63. The highest BCUT2D eigenvalue weighted by Gasteiger charge is 2.25. The molecule has 3 nitrogen and oxygen atoms in total. The van der Waals surface area contributed by atoms with Crippen molar-refractivity contribution < 1.29 is 8.78 Å². The van der Waals surface area contributed by atoms with Gasteiger partial charge in [-0.05, 0) is 25.9 Å². The average Bonchev–Trinajstić information content (AvgIpc) is 2.30. The summed E-state index contributed by atoms with van der Waals surface area (Å²) in [5, 5.41) is 3.35. The first-order chi connectivity index (χ1) is 7.75. The van der Waals surface area contributed by atoms with E-state index in [0.29, 0.717) is 6.04 Å². The summed E-state index contributed by atoms with van der Waals surface area (Å²) in [6, 6.07) is 0.676.